The van der Waals surface area contributed by atoms with Crippen LogP contribution in [0.4, 0.5) is 5.69 Å². The Bertz CT molecular complexity index is 981. The first-order chi connectivity index (χ1) is 15.3. The second-order valence-electron chi connectivity index (χ2n) is 6.22. The number of carbonyl (C=O) groups excluding carboxylic acids is 2. The van der Waals surface area contributed by atoms with Crippen LogP contribution in [0.25, 0.3) is 0 Å². The summed E-state index contributed by atoms with van der Waals surface area (Å²) in [5, 5.41) is 31.9. The quantitative estimate of drug-likeness (QED) is 0.0821. The van der Waals surface area contributed by atoms with Gasteiger partial charge in [0.2, 0.25) is 11.8 Å². The summed E-state index contributed by atoms with van der Waals surface area (Å²) in [7, 11) is 0. The molecule has 0 aromatic heterocycles. The Morgan fingerprint density at radius 1 is 1.06 bits per heavy atom. The minimum Gasteiger partial charge on any atom is -0.480 e. The topological polar surface area (TPSA) is 202 Å². The lowest BCUT2D eigenvalue weighted by Gasteiger charge is -2.19. The zero-order chi connectivity index (χ0) is 25.5. The Morgan fingerprint density at radius 3 is 2.15 bits per heavy atom. The summed E-state index contributed by atoms with van der Waals surface area (Å²) in [6.45, 7) is -0.765. The lowest BCUT2D eigenvalue weighted by Crippen LogP contribution is -2.49. The number of nitro groups is 1. The zero-order valence-electron chi connectivity index (χ0n) is 16.3. The number of carbonyl (C=O) groups is 4. The first kappa shape index (κ1) is 29.0. The molecular weight excluding hydrogens is 550 g/mol. The molecule has 2 amide bonds. The number of aliphatic carboxylic acids is 2. The van der Waals surface area contributed by atoms with Crippen molar-refractivity contribution in [3.8, 4) is 0 Å². The maximum absolute atomic E-state index is 12.4. The van der Waals surface area contributed by atoms with Crippen LogP contribution in [0.3, 0.4) is 0 Å². The first-order valence-electron chi connectivity index (χ1n) is 8.68. The van der Waals surface area contributed by atoms with Gasteiger partial charge in [0, 0.05) is 12.2 Å². The molecule has 0 aliphatic rings. The normalized spacial score (nSPS) is 12.5. The van der Waals surface area contributed by atoms with Crippen LogP contribution in [-0.4, -0.2) is 63.3 Å². The smallest absolute Gasteiger partial charge is 0.322 e. The van der Waals surface area contributed by atoms with Crippen LogP contribution in [0.1, 0.15) is 12.8 Å². The van der Waals surface area contributed by atoms with E-state index in [-0.39, 0.29) is 38.6 Å². The monoisotopic (exact) mass is 564 g/mol. The summed E-state index contributed by atoms with van der Waals surface area (Å²) < 4.78 is 0. The van der Waals surface area contributed by atoms with Gasteiger partial charge >= 0.3 is 17.6 Å². The van der Waals surface area contributed by atoms with Crippen molar-refractivity contribution in [2.24, 2.45) is 5.73 Å². The molecule has 0 saturated heterocycles. The maximum Gasteiger partial charge on any atom is 0.322 e. The van der Waals surface area contributed by atoms with Gasteiger partial charge in [0.15, 0.2) is 0 Å². The highest BCUT2D eigenvalue weighted by atomic mass is 35.5. The van der Waals surface area contributed by atoms with Crippen LogP contribution >= 0.6 is 58.2 Å². The Labute approximate surface area is 210 Å². The van der Waals surface area contributed by atoms with Gasteiger partial charge in [-0.1, -0.05) is 46.4 Å². The fourth-order valence-electron chi connectivity index (χ4n) is 2.21. The fourth-order valence-corrected chi connectivity index (χ4v) is 4.50. The van der Waals surface area contributed by atoms with E-state index in [1.165, 1.54) is 0 Å². The van der Waals surface area contributed by atoms with Crippen molar-refractivity contribution in [1.82, 2.24) is 10.6 Å². The van der Waals surface area contributed by atoms with E-state index >= 15 is 0 Å². The summed E-state index contributed by atoms with van der Waals surface area (Å²) >= 11 is 24.4. The Morgan fingerprint density at radius 2 is 1.64 bits per heavy atom. The predicted molar refractivity (Wildman–Crippen MR) is 121 cm³/mol. The molecule has 1 rings (SSSR count). The predicted octanol–water partition coefficient (Wildman–Crippen LogP) is 2.18. The van der Waals surface area contributed by atoms with Gasteiger partial charge in [-0.05, 0) is 6.42 Å². The highest BCUT2D eigenvalue weighted by Gasteiger charge is 2.31. The molecule has 0 saturated carbocycles. The van der Waals surface area contributed by atoms with E-state index in [9.17, 15) is 29.3 Å². The summed E-state index contributed by atoms with van der Waals surface area (Å²) in [5.74, 6) is -4.74. The molecule has 1 aromatic rings. The third-order valence-electron chi connectivity index (χ3n) is 3.84. The molecule has 2 atom stereocenters. The Kier molecular flexibility index (Phi) is 11.4. The average molecular weight is 566 g/mol. The van der Waals surface area contributed by atoms with Gasteiger partial charge < -0.3 is 26.6 Å². The standard InChI is InChI=1S/C16H16Cl4N4O8S/c17-9-10(18)12(20)14(13(11(9)19)24(31)32)33-4-6(15(28)22-3-8(26)27)23-7(25)2-1-5(21)16(29)30/h5-6H,1-4,21H2,(H,22,28)(H,23,25)(H,26,27)(H,29,30)/t5-,6-/m0/s1. The minimum atomic E-state index is -1.40. The van der Waals surface area contributed by atoms with Crippen molar-refractivity contribution in [2.75, 3.05) is 12.3 Å². The van der Waals surface area contributed by atoms with Crippen LogP contribution < -0.4 is 16.4 Å². The largest absolute Gasteiger partial charge is 0.480 e. The highest BCUT2D eigenvalue weighted by Crippen LogP contribution is 2.49. The SMILES string of the molecule is N[C@@H](CCC(=O)N[C@@H](CSc1c(Cl)c(Cl)c(Cl)c(Cl)c1[N+](=O)[O-])C(=O)NCC(=O)O)C(=O)O. The van der Waals surface area contributed by atoms with Gasteiger partial charge in [-0.15, -0.1) is 11.8 Å². The summed E-state index contributed by atoms with van der Waals surface area (Å²) in [5.41, 5.74) is 4.65. The van der Waals surface area contributed by atoms with Crippen molar-refractivity contribution in [1.29, 1.82) is 0 Å². The highest BCUT2D eigenvalue weighted by molar-refractivity contribution is 7.99. The summed E-state index contributed by atoms with van der Waals surface area (Å²) in [6.07, 6.45) is -0.599. The molecule has 0 fully saturated rings. The number of nitrogens with one attached hydrogen (secondary N) is 2. The number of amides is 2. The molecule has 0 bridgehead atoms. The summed E-state index contributed by atoms with van der Waals surface area (Å²) in [6, 6.07) is -2.71. The molecule has 0 unspecified atom stereocenters. The van der Waals surface area contributed by atoms with Gasteiger partial charge in [-0.3, -0.25) is 29.3 Å². The lowest BCUT2D eigenvalue weighted by atomic mass is 10.1. The zero-order valence-corrected chi connectivity index (χ0v) is 20.1. The molecule has 182 valence electrons. The molecule has 0 aliphatic carbocycles. The van der Waals surface area contributed by atoms with Crippen molar-refractivity contribution in [2.45, 2.75) is 29.8 Å². The van der Waals surface area contributed by atoms with E-state index in [1.54, 1.807) is 0 Å². The number of benzene rings is 1. The van der Waals surface area contributed by atoms with Crippen molar-refractivity contribution in [3.05, 3.63) is 30.2 Å². The van der Waals surface area contributed by atoms with E-state index in [0.29, 0.717) is 11.8 Å². The third-order valence-corrected chi connectivity index (χ3v) is 6.93. The molecule has 0 radical (unpaired) electrons. The van der Waals surface area contributed by atoms with Crippen molar-refractivity contribution < 1.29 is 34.3 Å². The van der Waals surface area contributed by atoms with E-state index in [4.69, 9.17) is 62.4 Å². The van der Waals surface area contributed by atoms with Crippen molar-refractivity contribution >= 4 is 87.6 Å². The molecule has 12 nitrogen and oxygen atoms in total. The maximum atomic E-state index is 12.4. The number of carboxylic acid groups (broad SMARTS) is 2. The molecule has 17 heteroatoms. The van der Waals surface area contributed by atoms with Crippen LogP contribution in [-0.2, 0) is 19.2 Å². The molecule has 33 heavy (non-hydrogen) atoms. The van der Waals surface area contributed by atoms with Crippen LogP contribution in [0.2, 0.25) is 20.1 Å². The number of hydrogen-bond donors (Lipinski definition) is 5. The fraction of sp³-hybridized carbons (Fsp3) is 0.375. The van der Waals surface area contributed by atoms with Gasteiger partial charge in [0.05, 0.1) is 20.0 Å². The minimum absolute atomic E-state index is 0.237. The van der Waals surface area contributed by atoms with E-state index in [2.05, 4.69) is 10.6 Å². The average Bonchev–Trinajstić information content (AvgIpc) is 2.74. The Hall–Kier alpha value is -2.03. The molecule has 6 N–H and O–H groups in total. The number of halogens is 4. The number of carboxylic acids is 2. The van der Waals surface area contributed by atoms with Gasteiger partial charge in [-0.25, -0.2) is 0 Å². The van der Waals surface area contributed by atoms with E-state index in [1.807, 2.05) is 0 Å². The van der Waals surface area contributed by atoms with Crippen LogP contribution in [0.5, 0.6) is 0 Å². The number of nitro benzene ring substituents is 1. The van der Waals surface area contributed by atoms with Crippen molar-refractivity contribution in [3.63, 3.8) is 0 Å². The van der Waals surface area contributed by atoms with Gasteiger partial charge in [-0.2, -0.15) is 0 Å². The molecule has 0 heterocycles. The first-order valence-corrected chi connectivity index (χ1v) is 11.2. The second kappa shape index (κ2) is 13.0. The number of nitrogens with two attached hydrogens (primary N) is 1. The van der Waals surface area contributed by atoms with E-state index in [0.717, 1.165) is 0 Å². The van der Waals surface area contributed by atoms with Gasteiger partial charge in [0.25, 0.3) is 0 Å². The number of thioether (sulfide) groups is 1. The number of nitrogens with zero attached hydrogens (tertiary/aromatic N) is 1. The molecule has 1 aromatic carbocycles. The Balaban J connectivity index is 3.13. The second-order valence-corrected chi connectivity index (χ2v) is 8.76. The van der Waals surface area contributed by atoms with E-state index < -0.39 is 58.0 Å². The molecule has 0 aliphatic heterocycles. The molecular formula is C16H16Cl4N4O8S. The number of hydrogen-bond acceptors (Lipinski definition) is 8. The summed E-state index contributed by atoms with van der Waals surface area (Å²) in [4.78, 5) is 56.4. The molecule has 0 spiro atoms. The van der Waals surface area contributed by atoms with Crippen LogP contribution in [0, 0.1) is 10.1 Å². The third kappa shape index (κ3) is 8.36. The number of rotatable bonds is 12. The van der Waals surface area contributed by atoms with Crippen LogP contribution in [0.15, 0.2) is 4.90 Å². The van der Waals surface area contributed by atoms with Gasteiger partial charge in [0.1, 0.15) is 28.5 Å². The lowest BCUT2D eigenvalue weighted by molar-refractivity contribution is -0.387.